The summed E-state index contributed by atoms with van der Waals surface area (Å²) in [6.07, 6.45) is 0. The lowest BCUT2D eigenvalue weighted by atomic mass is 10.2. The Balaban J connectivity index is 2.27. The first-order valence-corrected chi connectivity index (χ1v) is 5.90. The molecule has 0 aromatic heterocycles. The van der Waals surface area contributed by atoms with Crippen LogP contribution in [-0.2, 0) is 0 Å². The van der Waals surface area contributed by atoms with Crippen molar-refractivity contribution >= 4 is 44.6 Å². The topological polar surface area (TPSA) is 38.0 Å². The maximum Gasteiger partial charge on any atom is 0.0618 e. The van der Waals surface area contributed by atoms with Gasteiger partial charge in [0.1, 0.15) is 0 Å². The zero-order valence-corrected chi connectivity index (χ0v) is 10.7. The van der Waals surface area contributed by atoms with Crippen molar-refractivity contribution < 1.29 is 0 Å². The van der Waals surface area contributed by atoms with Gasteiger partial charge in [0, 0.05) is 15.2 Å². The maximum atomic E-state index is 5.90. The van der Waals surface area contributed by atoms with Crippen molar-refractivity contribution in [2.75, 3.05) is 11.1 Å². The van der Waals surface area contributed by atoms with Gasteiger partial charge >= 0.3 is 0 Å². The fourth-order valence-electron chi connectivity index (χ4n) is 1.37. The molecule has 0 spiro atoms. The van der Waals surface area contributed by atoms with Gasteiger partial charge in [-0.25, -0.2) is 0 Å². The molecule has 0 amide bonds. The van der Waals surface area contributed by atoms with E-state index in [1.165, 1.54) is 0 Å². The number of nitrogens with one attached hydrogen (secondary N) is 1. The van der Waals surface area contributed by atoms with E-state index >= 15 is 0 Å². The Morgan fingerprint density at radius 2 is 1.94 bits per heavy atom. The lowest BCUT2D eigenvalue weighted by Gasteiger charge is -2.09. The molecule has 82 valence electrons. The highest BCUT2D eigenvalue weighted by atomic mass is 79.9. The molecule has 0 bridgehead atoms. The van der Waals surface area contributed by atoms with E-state index in [9.17, 15) is 0 Å². The first-order valence-electron chi connectivity index (χ1n) is 4.73. The van der Waals surface area contributed by atoms with Gasteiger partial charge < -0.3 is 11.1 Å². The minimum atomic E-state index is 0.689. The molecule has 0 saturated carbocycles. The van der Waals surface area contributed by atoms with Crippen LogP contribution in [0.4, 0.5) is 17.1 Å². The minimum absolute atomic E-state index is 0.689. The van der Waals surface area contributed by atoms with E-state index in [4.69, 9.17) is 17.3 Å². The molecule has 0 unspecified atom stereocenters. The van der Waals surface area contributed by atoms with Crippen LogP contribution < -0.4 is 11.1 Å². The molecule has 0 fully saturated rings. The predicted molar refractivity (Wildman–Crippen MR) is 73.3 cm³/mol. The SMILES string of the molecule is Nc1cc(Br)ccc1Nc1cccc(Cl)c1. The fourth-order valence-corrected chi connectivity index (χ4v) is 1.94. The third-order valence-corrected chi connectivity index (χ3v) is 2.85. The Morgan fingerprint density at radius 3 is 2.62 bits per heavy atom. The molecular weight excluding hydrogens is 288 g/mol. The van der Waals surface area contributed by atoms with E-state index in [1.807, 2.05) is 42.5 Å². The van der Waals surface area contributed by atoms with Crippen LogP contribution in [0.1, 0.15) is 0 Å². The molecule has 0 saturated heterocycles. The predicted octanol–water partition coefficient (Wildman–Crippen LogP) is 4.43. The Morgan fingerprint density at radius 1 is 1.12 bits per heavy atom. The Bertz CT molecular complexity index is 514. The highest BCUT2D eigenvalue weighted by molar-refractivity contribution is 9.10. The second kappa shape index (κ2) is 4.76. The highest BCUT2D eigenvalue weighted by Crippen LogP contribution is 2.27. The summed E-state index contributed by atoms with van der Waals surface area (Å²) in [5, 5.41) is 3.91. The van der Waals surface area contributed by atoms with Crippen LogP contribution in [0.5, 0.6) is 0 Å². The van der Waals surface area contributed by atoms with Gasteiger partial charge in [0.15, 0.2) is 0 Å². The Kier molecular flexibility index (Phi) is 3.36. The number of benzene rings is 2. The van der Waals surface area contributed by atoms with E-state index in [0.29, 0.717) is 10.7 Å². The first-order chi connectivity index (χ1) is 7.65. The molecule has 2 rings (SSSR count). The van der Waals surface area contributed by atoms with E-state index < -0.39 is 0 Å². The Labute approximate surface area is 108 Å². The lowest BCUT2D eigenvalue weighted by molar-refractivity contribution is 1.53. The van der Waals surface area contributed by atoms with Crippen molar-refractivity contribution in [2.24, 2.45) is 0 Å². The van der Waals surface area contributed by atoms with Gasteiger partial charge in [0.2, 0.25) is 0 Å². The average Bonchev–Trinajstić information content (AvgIpc) is 2.22. The molecule has 0 atom stereocenters. The van der Waals surface area contributed by atoms with Crippen LogP contribution >= 0.6 is 27.5 Å². The van der Waals surface area contributed by atoms with Gasteiger partial charge in [-0.15, -0.1) is 0 Å². The summed E-state index contributed by atoms with van der Waals surface area (Å²) < 4.78 is 0.960. The largest absolute Gasteiger partial charge is 0.397 e. The molecule has 0 aliphatic carbocycles. The molecule has 16 heavy (non-hydrogen) atoms. The molecule has 0 aliphatic rings. The standard InChI is InChI=1S/C12H10BrClN2/c13-8-4-5-12(11(15)6-8)16-10-3-1-2-9(14)7-10/h1-7,16H,15H2. The third kappa shape index (κ3) is 2.68. The molecule has 0 heterocycles. The van der Waals surface area contributed by atoms with Crippen molar-refractivity contribution in [1.29, 1.82) is 0 Å². The fraction of sp³-hybridized carbons (Fsp3) is 0. The van der Waals surface area contributed by atoms with Crippen molar-refractivity contribution in [3.63, 3.8) is 0 Å². The number of nitrogens with two attached hydrogens (primary N) is 1. The summed E-state index contributed by atoms with van der Waals surface area (Å²) in [5.41, 5.74) is 8.36. The second-order valence-corrected chi connectivity index (χ2v) is 4.72. The van der Waals surface area contributed by atoms with Gasteiger partial charge in [-0.2, -0.15) is 0 Å². The van der Waals surface area contributed by atoms with Gasteiger partial charge in [-0.3, -0.25) is 0 Å². The van der Waals surface area contributed by atoms with Crippen molar-refractivity contribution in [1.82, 2.24) is 0 Å². The third-order valence-electron chi connectivity index (χ3n) is 2.12. The molecule has 3 N–H and O–H groups in total. The molecule has 2 aromatic carbocycles. The summed E-state index contributed by atoms with van der Waals surface area (Å²) in [6, 6.07) is 13.2. The van der Waals surface area contributed by atoms with Gasteiger partial charge in [-0.1, -0.05) is 33.6 Å². The van der Waals surface area contributed by atoms with E-state index in [1.54, 1.807) is 0 Å². The lowest BCUT2D eigenvalue weighted by Crippen LogP contribution is -1.95. The maximum absolute atomic E-state index is 5.90. The summed E-state index contributed by atoms with van der Waals surface area (Å²) >= 11 is 9.26. The van der Waals surface area contributed by atoms with Crippen LogP contribution in [-0.4, -0.2) is 0 Å². The van der Waals surface area contributed by atoms with Crippen LogP contribution in [0, 0.1) is 0 Å². The molecule has 2 aromatic rings. The minimum Gasteiger partial charge on any atom is -0.397 e. The quantitative estimate of drug-likeness (QED) is 0.805. The monoisotopic (exact) mass is 296 g/mol. The van der Waals surface area contributed by atoms with Crippen LogP contribution in [0.3, 0.4) is 0 Å². The number of anilines is 3. The van der Waals surface area contributed by atoms with E-state index in [0.717, 1.165) is 15.8 Å². The highest BCUT2D eigenvalue weighted by Gasteiger charge is 2.00. The zero-order valence-electron chi connectivity index (χ0n) is 8.37. The van der Waals surface area contributed by atoms with E-state index in [2.05, 4.69) is 21.2 Å². The summed E-state index contributed by atoms with van der Waals surface area (Å²) in [6.45, 7) is 0. The second-order valence-electron chi connectivity index (χ2n) is 3.37. The van der Waals surface area contributed by atoms with Crippen LogP contribution in [0.2, 0.25) is 5.02 Å². The van der Waals surface area contributed by atoms with Gasteiger partial charge in [-0.05, 0) is 36.4 Å². The number of hydrogen-bond donors (Lipinski definition) is 2. The summed E-state index contributed by atoms with van der Waals surface area (Å²) in [4.78, 5) is 0. The van der Waals surface area contributed by atoms with Gasteiger partial charge in [0.25, 0.3) is 0 Å². The molecule has 4 heteroatoms. The summed E-state index contributed by atoms with van der Waals surface area (Å²) in [7, 11) is 0. The molecule has 2 nitrogen and oxygen atoms in total. The number of nitrogen functional groups attached to an aromatic ring is 1. The first kappa shape index (κ1) is 11.3. The number of hydrogen-bond acceptors (Lipinski definition) is 2. The molecular formula is C12H10BrClN2. The van der Waals surface area contributed by atoms with Crippen molar-refractivity contribution in [3.8, 4) is 0 Å². The normalized spacial score (nSPS) is 10.1. The average molecular weight is 298 g/mol. The van der Waals surface area contributed by atoms with E-state index in [-0.39, 0.29) is 0 Å². The molecule has 0 radical (unpaired) electrons. The van der Waals surface area contributed by atoms with Gasteiger partial charge in [0.05, 0.1) is 11.4 Å². The van der Waals surface area contributed by atoms with Crippen molar-refractivity contribution in [2.45, 2.75) is 0 Å². The molecule has 0 aliphatic heterocycles. The van der Waals surface area contributed by atoms with Crippen LogP contribution in [0.15, 0.2) is 46.9 Å². The Hall–Kier alpha value is -1.19. The summed E-state index contributed by atoms with van der Waals surface area (Å²) in [5.74, 6) is 0. The van der Waals surface area contributed by atoms with Crippen LogP contribution in [0.25, 0.3) is 0 Å². The smallest absolute Gasteiger partial charge is 0.0618 e. The number of rotatable bonds is 2. The zero-order chi connectivity index (χ0) is 11.5. The number of halogens is 2. The van der Waals surface area contributed by atoms with Crippen molar-refractivity contribution in [3.05, 3.63) is 52.0 Å².